The zero-order valence-corrected chi connectivity index (χ0v) is 19.2. The van der Waals surface area contributed by atoms with Gasteiger partial charge in [-0.05, 0) is 6.07 Å². The summed E-state index contributed by atoms with van der Waals surface area (Å²) in [5.74, 6) is 3.73. The summed E-state index contributed by atoms with van der Waals surface area (Å²) in [5.41, 5.74) is 1.98. The third-order valence-corrected chi connectivity index (χ3v) is 5.97. The predicted molar refractivity (Wildman–Crippen MR) is 116 cm³/mol. The Kier molecular flexibility index (Phi) is 5.53. The number of nitrogens with zero attached hydrogens (tertiary/aromatic N) is 1. The highest BCUT2D eigenvalue weighted by Crippen LogP contribution is 2.55. The number of ether oxygens (including phenoxy) is 8. The third-order valence-electron chi connectivity index (χ3n) is 5.61. The van der Waals surface area contributed by atoms with E-state index in [0.29, 0.717) is 75.1 Å². The topological polar surface area (TPSA) is 95.4 Å². The van der Waals surface area contributed by atoms with E-state index in [1.165, 1.54) is 14.2 Å². The van der Waals surface area contributed by atoms with Gasteiger partial charge in [0.1, 0.15) is 6.10 Å². The van der Waals surface area contributed by atoms with E-state index in [1.807, 2.05) is 6.07 Å². The average molecular weight is 480 g/mol. The molecule has 11 heteroatoms. The second-order valence-electron chi connectivity index (χ2n) is 7.33. The van der Waals surface area contributed by atoms with Crippen LogP contribution in [0.4, 0.5) is 0 Å². The van der Waals surface area contributed by atoms with Gasteiger partial charge in [-0.1, -0.05) is 16.8 Å². The summed E-state index contributed by atoms with van der Waals surface area (Å²) in [6.07, 6.45) is 0.639. The van der Waals surface area contributed by atoms with Crippen LogP contribution in [0.3, 0.4) is 0 Å². The van der Waals surface area contributed by atoms with Crippen LogP contribution in [-0.2, 0) is 11.3 Å². The fourth-order valence-electron chi connectivity index (χ4n) is 4.20. The number of fused-ring (bicyclic) bond motifs is 2. The van der Waals surface area contributed by atoms with Gasteiger partial charge >= 0.3 is 0 Å². The maximum absolute atomic E-state index is 6.66. The maximum atomic E-state index is 6.66. The first-order valence-corrected chi connectivity index (χ1v) is 10.5. The molecule has 0 bridgehead atoms. The van der Waals surface area contributed by atoms with Crippen molar-refractivity contribution in [1.29, 1.82) is 0 Å². The molecule has 10 nitrogen and oxygen atoms in total. The average Bonchev–Trinajstić information content (AvgIpc) is 3.59. The second-order valence-corrected chi connectivity index (χ2v) is 7.71. The molecule has 0 aliphatic carbocycles. The molecule has 0 saturated carbocycles. The molecule has 3 aliphatic heterocycles. The Balaban J connectivity index is 1.45. The summed E-state index contributed by atoms with van der Waals surface area (Å²) in [6, 6.07) is 1.85. The molecule has 1 atom stereocenters. The summed E-state index contributed by atoms with van der Waals surface area (Å²) >= 11 is 6.66. The number of oxime groups is 1. The van der Waals surface area contributed by atoms with Crippen molar-refractivity contribution < 1.29 is 42.7 Å². The van der Waals surface area contributed by atoms with Crippen LogP contribution in [0.15, 0.2) is 11.2 Å². The first-order chi connectivity index (χ1) is 16.1. The van der Waals surface area contributed by atoms with Gasteiger partial charge in [0.2, 0.25) is 36.6 Å². The molecule has 5 rings (SSSR count). The lowest BCUT2D eigenvalue weighted by Crippen LogP contribution is -2.14. The summed E-state index contributed by atoms with van der Waals surface area (Å²) in [4.78, 5) is 5.76. The van der Waals surface area contributed by atoms with Gasteiger partial charge in [-0.25, -0.2) is 0 Å². The van der Waals surface area contributed by atoms with E-state index in [0.717, 1.165) is 5.56 Å². The summed E-state index contributed by atoms with van der Waals surface area (Å²) in [7, 11) is 6.19. The molecule has 0 N–H and O–H groups in total. The van der Waals surface area contributed by atoms with Crippen LogP contribution in [0, 0.1) is 0 Å². The number of hydrogen-bond donors (Lipinski definition) is 0. The number of halogens is 1. The molecule has 3 aliphatic rings. The number of benzene rings is 2. The predicted octanol–water partition coefficient (Wildman–Crippen LogP) is 3.57. The van der Waals surface area contributed by atoms with Crippen LogP contribution in [0.5, 0.6) is 46.0 Å². The van der Waals surface area contributed by atoms with Crippen LogP contribution in [0.1, 0.15) is 17.5 Å². The molecule has 0 radical (unpaired) electrons. The van der Waals surface area contributed by atoms with Crippen LogP contribution in [-0.4, -0.2) is 53.8 Å². The smallest absolute Gasteiger partial charge is 0.231 e. The Bertz CT molecular complexity index is 1130. The van der Waals surface area contributed by atoms with Gasteiger partial charge in [-0.2, -0.15) is 0 Å². The molecule has 176 valence electrons. The van der Waals surface area contributed by atoms with E-state index in [9.17, 15) is 0 Å². The van der Waals surface area contributed by atoms with Crippen molar-refractivity contribution in [2.75, 3.05) is 42.0 Å². The van der Waals surface area contributed by atoms with Gasteiger partial charge in [0.15, 0.2) is 23.0 Å². The lowest BCUT2D eigenvalue weighted by molar-refractivity contribution is 0.0853. The van der Waals surface area contributed by atoms with Crippen molar-refractivity contribution in [3.8, 4) is 46.0 Å². The summed E-state index contributed by atoms with van der Waals surface area (Å²) in [5, 5.41) is 4.62. The van der Waals surface area contributed by atoms with Crippen molar-refractivity contribution >= 4 is 17.3 Å². The molecular formula is C22H22ClNO9. The highest BCUT2D eigenvalue weighted by molar-refractivity contribution is 6.36. The van der Waals surface area contributed by atoms with E-state index >= 15 is 0 Å². The van der Waals surface area contributed by atoms with E-state index in [-0.39, 0.29) is 19.7 Å². The monoisotopic (exact) mass is 479 g/mol. The Morgan fingerprint density at radius 1 is 0.848 bits per heavy atom. The number of hydrogen-bond acceptors (Lipinski definition) is 10. The van der Waals surface area contributed by atoms with Crippen LogP contribution in [0.2, 0.25) is 5.02 Å². The van der Waals surface area contributed by atoms with Gasteiger partial charge in [0.05, 0.1) is 44.7 Å². The van der Waals surface area contributed by atoms with Crippen molar-refractivity contribution in [2.24, 2.45) is 5.16 Å². The summed E-state index contributed by atoms with van der Waals surface area (Å²) < 4.78 is 44.4. The highest BCUT2D eigenvalue weighted by atomic mass is 35.5. The first-order valence-electron chi connectivity index (χ1n) is 10.1. The van der Waals surface area contributed by atoms with E-state index < -0.39 is 0 Å². The minimum absolute atomic E-state index is 0.0371. The normalized spacial score (nSPS) is 17.5. The van der Waals surface area contributed by atoms with Crippen LogP contribution >= 0.6 is 11.6 Å². The maximum Gasteiger partial charge on any atom is 0.231 e. The standard InChI is InChI=1S/C22H22ClNO9/c1-25-13-6-10(16(26-2)21-17(13)29-8-31-21)5-11-7-12(24-33-11)14-15(23)19-22(32-9-30-19)20(28-4)18(14)27-3/h6,11H,5,7-9H2,1-4H3/t11-/m0/s1. The van der Waals surface area contributed by atoms with Crippen LogP contribution in [0.25, 0.3) is 0 Å². The molecule has 0 aromatic heterocycles. The molecular weight excluding hydrogens is 458 g/mol. The Hall–Kier alpha value is -3.40. The van der Waals surface area contributed by atoms with Crippen LogP contribution < -0.4 is 37.9 Å². The second kappa shape index (κ2) is 8.51. The Morgan fingerprint density at radius 3 is 2.15 bits per heavy atom. The van der Waals surface area contributed by atoms with E-state index in [1.54, 1.807) is 14.2 Å². The van der Waals surface area contributed by atoms with Gasteiger partial charge < -0.3 is 42.7 Å². The molecule has 0 fully saturated rings. The van der Waals surface area contributed by atoms with Gasteiger partial charge in [-0.3, -0.25) is 0 Å². The lowest BCUT2D eigenvalue weighted by Gasteiger charge is -2.17. The third kappa shape index (κ3) is 3.36. The molecule has 2 aromatic rings. The largest absolute Gasteiger partial charge is 0.493 e. The van der Waals surface area contributed by atoms with Gasteiger partial charge in [-0.15, -0.1) is 0 Å². The van der Waals surface area contributed by atoms with Gasteiger partial charge in [0, 0.05) is 18.4 Å². The number of methoxy groups -OCH3 is 4. The zero-order valence-electron chi connectivity index (χ0n) is 18.5. The van der Waals surface area contributed by atoms with Gasteiger partial charge in [0.25, 0.3) is 0 Å². The SMILES string of the molecule is COc1cc(C[C@H]2CC(c3c(Cl)c4c(c(OC)c3OC)OCO4)=NO2)c(OC)c2c1OCO2. The molecule has 3 heterocycles. The molecule has 2 aromatic carbocycles. The lowest BCUT2D eigenvalue weighted by atomic mass is 9.97. The van der Waals surface area contributed by atoms with Crippen molar-refractivity contribution in [3.63, 3.8) is 0 Å². The summed E-state index contributed by atoms with van der Waals surface area (Å²) in [6.45, 7) is 0.137. The van der Waals surface area contributed by atoms with E-state index in [4.69, 9.17) is 54.3 Å². The highest BCUT2D eigenvalue weighted by Gasteiger charge is 2.36. The van der Waals surface area contributed by atoms with Crippen molar-refractivity contribution in [3.05, 3.63) is 22.2 Å². The van der Waals surface area contributed by atoms with E-state index in [2.05, 4.69) is 5.16 Å². The molecule has 0 amide bonds. The minimum atomic E-state index is -0.295. The molecule has 33 heavy (non-hydrogen) atoms. The zero-order chi connectivity index (χ0) is 23.1. The minimum Gasteiger partial charge on any atom is -0.493 e. The van der Waals surface area contributed by atoms with Crippen molar-refractivity contribution in [1.82, 2.24) is 0 Å². The van der Waals surface area contributed by atoms with Crippen molar-refractivity contribution in [2.45, 2.75) is 18.9 Å². The quantitative estimate of drug-likeness (QED) is 0.590. The molecule has 0 saturated heterocycles. The molecule has 0 unspecified atom stereocenters. The first kappa shape index (κ1) is 21.4. The number of rotatable bonds is 7. The Morgan fingerprint density at radius 2 is 1.48 bits per heavy atom. The molecule has 0 spiro atoms. The Labute approximate surface area is 194 Å². The fourth-order valence-corrected chi connectivity index (χ4v) is 4.54. The fraction of sp³-hybridized carbons (Fsp3) is 0.409.